The SMILES string of the molecule is c1ccc(-c2ccc3c4c2CC2CCCC2C42c4cccc5c6ccccc6n(c45)-c4ccc5c6ccccc6n-3c5c42)cc1. The third kappa shape index (κ3) is 2.46. The Morgan fingerprint density at radius 2 is 1.20 bits per heavy atom. The Labute approximate surface area is 261 Å². The van der Waals surface area contributed by atoms with Crippen molar-refractivity contribution in [1.82, 2.24) is 9.13 Å². The van der Waals surface area contributed by atoms with E-state index in [4.69, 9.17) is 0 Å². The van der Waals surface area contributed by atoms with Gasteiger partial charge in [0.15, 0.2) is 0 Å². The van der Waals surface area contributed by atoms with Gasteiger partial charge in [0, 0.05) is 27.1 Å². The molecular formula is C43H30N2. The Hall–Kier alpha value is -5.08. The number of para-hydroxylation sites is 3. The molecule has 1 fully saturated rings. The van der Waals surface area contributed by atoms with Crippen molar-refractivity contribution >= 4 is 43.6 Å². The molecule has 0 radical (unpaired) electrons. The fourth-order valence-corrected chi connectivity index (χ4v) is 10.9. The summed E-state index contributed by atoms with van der Waals surface area (Å²) in [6.45, 7) is 0. The van der Waals surface area contributed by atoms with Gasteiger partial charge in [-0.15, -0.1) is 0 Å². The van der Waals surface area contributed by atoms with E-state index in [-0.39, 0.29) is 5.41 Å². The van der Waals surface area contributed by atoms with Crippen LogP contribution in [0.4, 0.5) is 0 Å². The quantitative estimate of drug-likeness (QED) is 0.185. The van der Waals surface area contributed by atoms with Gasteiger partial charge in [-0.2, -0.15) is 0 Å². The summed E-state index contributed by atoms with van der Waals surface area (Å²) in [7, 11) is 0. The minimum atomic E-state index is -0.196. The molecule has 2 nitrogen and oxygen atoms in total. The van der Waals surface area contributed by atoms with E-state index >= 15 is 0 Å². The molecule has 4 heterocycles. The minimum absolute atomic E-state index is 0.196. The van der Waals surface area contributed by atoms with Crippen LogP contribution in [0.1, 0.15) is 41.5 Å². The van der Waals surface area contributed by atoms with E-state index in [1.54, 1.807) is 16.7 Å². The molecule has 1 spiro atoms. The summed E-state index contributed by atoms with van der Waals surface area (Å²) in [5, 5.41) is 5.48. The molecule has 6 aromatic carbocycles. The maximum atomic E-state index is 2.65. The minimum Gasteiger partial charge on any atom is -0.309 e. The molecule has 3 unspecified atom stereocenters. The van der Waals surface area contributed by atoms with Crippen LogP contribution in [0.5, 0.6) is 0 Å². The lowest BCUT2D eigenvalue weighted by Crippen LogP contribution is -2.49. The number of benzene rings is 6. The van der Waals surface area contributed by atoms with Gasteiger partial charge in [0.1, 0.15) is 0 Å². The molecule has 0 bridgehead atoms. The highest BCUT2D eigenvalue weighted by Gasteiger charge is 2.59. The summed E-state index contributed by atoms with van der Waals surface area (Å²) in [6.07, 6.45) is 5.08. The van der Waals surface area contributed by atoms with E-state index in [0.717, 1.165) is 0 Å². The number of rotatable bonds is 1. The zero-order chi connectivity index (χ0) is 29.0. The van der Waals surface area contributed by atoms with Crippen molar-refractivity contribution in [1.29, 1.82) is 0 Å². The Morgan fingerprint density at radius 1 is 0.533 bits per heavy atom. The van der Waals surface area contributed by atoms with Crippen molar-refractivity contribution in [2.24, 2.45) is 11.8 Å². The zero-order valence-electron chi connectivity index (χ0n) is 24.9. The summed E-state index contributed by atoms with van der Waals surface area (Å²) in [6, 6.07) is 46.4. The monoisotopic (exact) mass is 574 g/mol. The van der Waals surface area contributed by atoms with Gasteiger partial charge in [0.05, 0.1) is 38.9 Å². The molecule has 45 heavy (non-hydrogen) atoms. The lowest BCUT2D eigenvalue weighted by atomic mass is 9.51. The molecule has 4 aliphatic rings. The van der Waals surface area contributed by atoms with E-state index in [1.165, 1.54) is 97.4 Å². The first-order valence-electron chi connectivity index (χ1n) is 16.7. The summed E-state index contributed by atoms with van der Waals surface area (Å²) in [5.74, 6) is 1.24. The van der Waals surface area contributed by atoms with E-state index in [0.29, 0.717) is 11.8 Å². The van der Waals surface area contributed by atoms with Crippen molar-refractivity contribution in [2.75, 3.05) is 0 Å². The zero-order valence-corrected chi connectivity index (χ0v) is 24.9. The Kier molecular flexibility index (Phi) is 4.02. The van der Waals surface area contributed by atoms with Crippen LogP contribution in [0.25, 0.3) is 66.1 Å². The molecule has 0 saturated heterocycles. The molecule has 212 valence electrons. The molecule has 2 heteroatoms. The first kappa shape index (κ1) is 23.3. The highest BCUT2D eigenvalue weighted by Crippen LogP contribution is 2.67. The molecular weight excluding hydrogens is 544 g/mol. The van der Waals surface area contributed by atoms with Crippen LogP contribution in [0.2, 0.25) is 0 Å². The van der Waals surface area contributed by atoms with Crippen LogP contribution in [0.3, 0.4) is 0 Å². The predicted molar refractivity (Wildman–Crippen MR) is 185 cm³/mol. The molecule has 0 amide bonds. The molecule has 3 atom stereocenters. The smallest absolute Gasteiger partial charge is 0.0606 e. The van der Waals surface area contributed by atoms with Gasteiger partial charge >= 0.3 is 0 Å². The number of aromatic nitrogens is 2. The standard InChI is InChI=1S/C43H30N2/c1-2-10-25(11-3-1)27-20-22-37-39-32(27)24-26-12-8-16-33(26)43(39)34-17-9-15-30-28-13-4-6-18-35(28)44(41(30)34)38-23-21-31-29-14-5-7-19-36(29)45(37)42(31)40(38)43/h1-7,9-11,13-15,17-23,26,33H,8,12,16,24H2. The van der Waals surface area contributed by atoms with E-state index in [2.05, 4.69) is 130 Å². The second kappa shape index (κ2) is 7.76. The van der Waals surface area contributed by atoms with Crippen LogP contribution in [0, 0.1) is 11.8 Å². The summed E-state index contributed by atoms with van der Waals surface area (Å²) < 4.78 is 5.29. The number of hydrogen-bond acceptors (Lipinski definition) is 0. The van der Waals surface area contributed by atoms with Gasteiger partial charge < -0.3 is 9.13 Å². The maximum absolute atomic E-state index is 2.65. The van der Waals surface area contributed by atoms with Gasteiger partial charge in [-0.05, 0) is 83.2 Å². The van der Waals surface area contributed by atoms with Crippen LogP contribution >= 0.6 is 0 Å². The molecule has 1 saturated carbocycles. The fraction of sp³-hybridized carbons (Fsp3) is 0.163. The van der Waals surface area contributed by atoms with Gasteiger partial charge in [0.25, 0.3) is 0 Å². The molecule has 8 aromatic rings. The number of nitrogens with zero attached hydrogens (tertiary/aromatic N) is 2. The maximum Gasteiger partial charge on any atom is 0.0606 e. The van der Waals surface area contributed by atoms with Crippen molar-refractivity contribution in [3.05, 3.63) is 144 Å². The average Bonchev–Trinajstić information content (AvgIpc) is 3.80. The normalized spacial score (nSPS) is 22.0. The lowest BCUT2D eigenvalue weighted by molar-refractivity contribution is 0.260. The van der Waals surface area contributed by atoms with E-state index in [9.17, 15) is 0 Å². The van der Waals surface area contributed by atoms with Crippen LogP contribution in [-0.2, 0) is 11.8 Å². The van der Waals surface area contributed by atoms with E-state index in [1.807, 2.05) is 0 Å². The molecule has 2 aliphatic heterocycles. The second-order valence-electron chi connectivity index (χ2n) is 13.9. The second-order valence-corrected chi connectivity index (χ2v) is 13.9. The number of hydrogen-bond donors (Lipinski definition) is 0. The number of fused-ring (bicyclic) bond motifs is 9. The van der Waals surface area contributed by atoms with Gasteiger partial charge in [-0.25, -0.2) is 0 Å². The van der Waals surface area contributed by atoms with Gasteiger partial charge in [0.2, 0.25) is 0 Å². The van der Waals surface area contributed by atoms with Crippen LogP contribution < -0.4 is 0 Å². The fourth-order valence-electron chi connectivity index (χ4n) is 10.9. The predicted octanol–water partition coefficient (Wildman–Crippen LogP) is 10.5. The largest absolute Gasteiger partial charge is 0.309 e. The summed E-state index contributed by atoms with van der Waals surface area (Å²) in [5.41, 5.74) is 17.1. The molecule has 2 aliphatic carbocycles. The average molecular weight is 575 g/mol. The highest BCUT2D eigenvalue weighted by molar-refractivity contribution is 6.17. The van der Waals surface area contributed by atoms with Crippen molar-refractivity contribution in [3.8, 4) is 22.5 Å². The Morgan fingerprint density at radius 3 is 2.02 bits per heavy atom. The van der Waals surface area contributed by atoms with Crippen LogP contribution in [0.15, 0.2) is 121 Å². The molecule has 0 N–H and O–H groups in total. The van der Waals surface area contributed by atoms with Crippen LogP contribution in [-0.4, -0.2) is 9.13 Å². The summed E-state index contributed by atoms with van der Waals surface area (Å²) >= 11 is 0. The van der Waals surface area contributed by atoms with Gasteiger partial charge in [-0.1, -0.05) is 103 Å². The molecule has 12 rings (SSSR count). The van der Waals surface area contributed by atoms with E-state index < -0.39 is 0 Å². The van der Waals surface area contributed by atoms with Crippen molar-refractivity contribution in [2.45, 2.75) is 31.1 Å². The third-order valence-electron chi connectivity index (χ3n) is 12.3. The third-order valence-corrected chi connectivity index (χ3v) is 12.3. The Bertz CT molecular complexity index is 2620. The highest BCUT2D eigenvalue weighted by atomic mass is 15.1. The van der Waals surface area contributed by atoms with Gasteiger partial charge in [-0.3, -0.25) is 0 Å². The Balaban J connectivity index is 1.40. The first-order valence-corrected chi connectivity index (χ1v) is 16.7. The van der Waals surface area contributed by atoms with Crippen molar-refractivity contribution < 1.29 is 0 Å². The lowest BCUT2D eigenvalue weighted by Gasteiger charge is -2.54. The summed E-state index contributed by atoms with van der Waals surface area (Å²) in [4.78, 5) is 0. The molecule has 2 aromatic heterocycles. The van der Waals surface area contributed by atoms with Crippen molar-refractivity contribution in [3.63, 3.8) is 0 Å². The topological polar surface area (TPSA) is 9.86 Å². The first-order chi connectivity index (χ1) is 22.4.